The SMILES string of the molecule is OB(O)OCCCCC(=C(c1ccccc1)c1ccccc1)c1ccccc1. The number of allylic oxidation sites excluding steroid dienone is 1. The molecule has 0 unspecified atom stereocenters. The average Bonchev–Trinajstić information content (AvgIpc) is 2.74. The van der Waals surface area contributed by atoms with Gasteiger partial charge in [0.15, 0.2) is 0 Å². The fourth-order valence-corrected chi connectivity index (χ4v) is 3.37. The minimum absolute atomic E-state index is 0.325. The molecule has 3 nitrogen and oxygen atoms in total. The van der Waals surface area contributed by atoms with Gasteiger partial charge in [0.25, 0.3) is 0 Å². The van der Waals surface area contributed by atoms with E-state index < -0.39 is 7.32 Å². The molecule has 3 aromatic rings. The van der Waals surface area contributed by atoms with Gasteiger partial charge in [-0.05, 0) is 47.1 Å². The fraction of sp³-hybridized carbons (Fsp3) is 0.167. The lowest BCUT2D eigenvalue weighted by Crippen LogP contribution is -2.17. The number of rotatable bonds is 9. The van der Waals surface area contributed by atoms with Crippen molar-refractivity contribution in [3.8, 4) is 0 Å². The summed E-state index contributed by atoms with van der Waals surface area (Å²) in [5.74, 6) is 0. The van der Waals surface area contributed by atoms with Crippen LogP contribution in [0.25, 0.3) is 11.1 Å². The van der Waals surface area contributed by atoms with E-state index in [-0.39, 0.29) is 0 Å². The highest BCUT2D eigenvalue weighted by Gasteiger charge is 2.14. The number of benzene rings is 3. The van der Waals surface area contributed by atoms with Crippen molar-refractivity contribution in [3.63, 3.8) is 0 Å². The first-order valence-electron chi connectivity index (χ1n) is 9.63. The Bertz CT molecular complexity index is 821. The Balaban J connectivity index is 2.00. The van der Waals surface area contributed by atoms with E-state index in [1.165, 1.54) is 27.8 Å². The lowest BCUT2D eigenvalue weighted by Gasteiger charge is -2.17. The summed E-state index contributed by atoms with van der Waals surface area (Å²) < 4.78 is 4.85. The minimum Gasteiger partial charge on any atom is -0.402 e. The van der Waals surface area contributed by atoms with Gasteiger partial charge in [-0.1, -0.05) is 91.0 Å². The second-order valence-electron chi connectivity index (χ2n) is 6.61. The van der Waals surface area contributed by atoms with Crippen molar-refractivity contribution in [3.05, 3.63) is 108 Å². The van der Waals surface area contributed by atoms with Crippen LogP contribution in [0.2, 0.25) is 0 Å². The first-order valence-corrected chi connectivity index (χ1v) is 9.63. The van der Waals surface area contributed by atoms with E-state index in [2.05, 4.69) is 72.8 Å². The number of unbranched alkanes of at least 4 members (excludes halogenated alkanes) is 1. The standard InChI is InChI=1S/C24H25BO3/c26-25(27)28-19-11-10-18-23(20-12-4-1-5-13-20)24(21-14-6-2-7-15-21)22-16-8-3-9-17-22/h1-9,12-17,26-27H,10-11,18-19H2. The summed E-state index contributed by atoms with van der Waals surface area (Å²) in [5.41, 5.74) is 6.09. The Morgan fingerprint density at radius 3 is 1.57 bits per heavy atom. The third-order valence-electron chi connectivity index (χ3n) is 4.64. The molecule has 0 atom stereocenters. The van der Waals surface area contributed by atoms with Gasteiger partial charge in [0.2, 0.25) is 0 Å². The van der Waals surface area contributed by atoms with Crippen LogP contribution in [0.1, 0.15) is 36.0 Å². The van der Waals surface area contributed by atoms with Gasteiger partial charge in [0.05, 0.1) is 0 Å². The monoisotopic (exact) mass is 372 g/mol. The molecule has 0 amide bonds. The van der Waals surface area contributed by atoms with Crippen molar-refractivity contribution in [1.29, 1.82) is 0 Å². The maximum Gasteiger partial charge on any atom is 0.633 e. The predicted molar refractivity (Wildman–Crippen MR) is 115 cm³/mol. The van der Waals surface area contributed by atoms with Gasteiger partial charge in [-0.15, -0.1) is 0 Å². The van der Waals surface area contributed by atoms with Crippen LogP contribution in [0.4, 0.5) is 0 Å². The normalized spacial score (nSPS) is 10.5. The largest absolute Gasteiger partial charge is 0.633 e. The maximum atomic E-state index is 8.85. The van der Waals surface area contributed by atoms with Crippen molar-refractivity contribution < 1.29 is 14.7 Å². The summed E-state index contributed by atoms with van der Waals surface area (Å²) in [4.78, 5) is 0. The van der Waals surface area contributed by atoms with Crippen LogP contribution in [0.5, 0.6) is 0 Å². The molecule has 3 rings (SSSR count). The molecular formula is C24H25BO3. The zero-order chi connectivity index (χ0) is 19.6. The molecule has 0 fully saturated rings. The molecule has 0 aromatic heterocycles. The molecule has 3 aromatic carbocycles. The van der Waals surface area contributed by atoms with E-state index >= 15 is 0 Å². The van der Waals surface area contributed by atoms with Crippen LogP contribution >= 0.6 is 0 Å². The second-order valence-corrected chi connectivity index (χ2v) is 6.61. The topological polar surface area (TPSA) is 49.7 Å². The van der Waals surface area contributed by atoms with E-state index in [9.17, 15) is 0 Å². The zero-order valence-corrected chi connectivity index (χ0v) is 15.9. The molecule has 28 heavy (non-hydrogen) atoms. The molecule has 0 aliphatic rings. The van der Waals surface area contributed by atoms with Crippen LogP contribution in [-0.4, -0.2) is 24.0 Å². The Morgan fingerprint density at radius 2 is 1.11 bits per heavy atom. The molecule has 0 saturated carbocycles. The molecule has 0 aliphatic heterocycles. The van der Waals surface area contributed by atoms with Gasteiger partial charge >= 0.3 is 7.32 Å². The van der Waals surface area contributed by atoms with Crippen LogP contribution in [-0.2, 0) is 4.65 Å². The lowest BCUT2D eigenvalue weighted by molar-refractivity contribution is 0.182. The third kappa shape index (κ3) is 5.67. The summed E-state index contributed by atoms with van der Waals surface area (Å²) in [7, 11) is -1.70. The third-order valence-corrected chi connectivity index (χ3v) is 4.64. The molecule has 4 heteroatoms. The fourth-order valence-electron chi connectivity index (χ4n) is 3.37. The second kappa shape index (κ2) is 10.6. The van der Waals surface area contributed by atoms with Gasteiger partial charge in [-0.2, -0.15) is 0 Å². The van der Waals surface area contributed by atoms with E-state index in [1.807, 2.05) is 18.2 Å². The van der Waals surface area contributed by atoms with Gasteiger partial charge in [-0.25, -0.2) is 0 Å². The van der Waals surface area contributed by atoms with Crippen LogP contribution < -0.4 is 0 Å². The highest BCUT2D eigenvalue weighted by atomic mass is 16.6. The Hall–Kier alpha value is -2.66. The van der Waals surface area contributed by atoms with E-state index in [1.54, 1.807) is 0 Å². The predicted octanol–water partition coefficient (Wildman–Crippen LogP) is 4.80. The van der Waals surface area contributed by atoms with Crippen molar-refractivity contribution >= 4 is 18.5 Å². The first kappa shape index (κ1) is 20.1. The molecule has 0 aliphatic carbocycles. The zero-order valence-electron chi connectivity index (χ0n) is 15.9. The molecule has 0 spiro atoms. The van der Waals surface area contributed by atoms with Crippen molar-refractivity contribution in [2.24, 2.45) is 0 Å². The number of hydrogen-bond acceptors (Lipinski definition) is 3. The molecule has 0 saturated heterocycles. The van der Waals surface area contributed by atoms with Gasteiger partial charge in [0, 0.05) is 6.61 Å². The Morgan fingerprint density at radius 1 is 0.643 bits per heavy atom. The van der Waals surface area contributed by atoms with E-state index in [4.69, 9.17) is 14.7 Å². The Labute approximate surface area is 167 Å². The van der Waals surface area contributed by atoms with Crippen molar-refractivity contribution in [2.45, 2.75) is 19.3 Å². The number of hydrogen-bond donors (Lipinski definition) is 2. The van der Waals surface area contributed by atoms with E-state index in [0.29, 0.717) is 6.61 Å². The summed E-state index contributed by atoms with van der Waals surface area (Å²) in [5, 5.41) is 17.7. The lowest BCUT2D eigenvalue weighted by atomic mass is 9.87. The molecule has 142 valence electrons. The molecule has 2 N–H and O–H groups in total. The van der Waals surface area contributed by atoms with Crippen LogP contribution in [0.15, 0.2) is 91.0 Å². The molecule has 0 bridgehead atoms. The molecular weight excluding hydrogens is 347 g/mol. The molecule has 0 radical (unpaired) electrons. The maximum absolute atomic E-state index is 8.85. The Kier molecular flexibility index (Phi) is 7.62. The van der Waals surface area contributed by atoms with Crippen LogP contribution in [0.3, 0.4) is 0 Å². The molecule has 0 heterocycles. The average molecular weight is 372 g/mol. The van der Waals surface area contributed by atoms with Gasteiger partial charge in [-0.3, -0.25) is 0 Å². The summed E-state index contributed by atoms with van der Waals surface area (Å²) in [6.07, 6.45) is 2.51. The summed E-state index contributed by atoms with van der Waals surface area (Å²) in [6, 6.07) is 31.4. The highest BCUT2D eigenvalue weighted by Crippen LogP contribution is 2.35. The van der Waals surface area contributed by atoms with Crippen LogP contribution in [0, 0.1) is 0 Å². The van der Waals surface area contributed by atoms with Gasteiger partial charge < -0.3 is 14.7 Å². The van der Waals surface area contributed by atoms with Crippen molar-refractivity contribution in [2.75, 3.05) is 6.61 Å². The van der Waals surface area contributed by atoms with E-state index in [0.717, 1.165) is 19.3 Å². The minimum atomic E-state index is -1.70. The smallest absolute Gasteiger partial charge is 0.402 e. The highest BCUT2D eigenvalue weighted by molar-refractivity contribution is 6.32. The van der Waals surface area contributed by atoms with Crippen molar-refractivity contribution in [1.82, 2.24) is 0 Å². The quantitative estimate of drug-likeness (QED) is 0.322. The summed E-state index contributed by atoms with van der Waals surface area (Å²) in [6.45, 7) is 0.325. The summed E-state index contributed by atoms with van der Waals surface area (Å²) >= 11 is 0. The van der Waals surface area contributed by atoms with Gasteiger partial charge in [0.1, 0.15) is 0 Å². The first-order chi connectivity index (χ1) is 13.8.